The van der Waals surface area contributed by atoms with E-state index in [4.69, 9.17) is 13.9 Å². The molecule has 1 atom stereocenters. The van der Waals surface area contributed by atoms with Gasteiger partial charge in [-0.05, 0) is 55.2 Å². The maximum atomic E-state index is 13.1. The summed E-state index contributed by atoms with van der Waals surface area (Å²) in [7, 11) is 0. The number of rotatable bonds is 4. The van der Waals surface area contributed by atoms with Crippen LogP contribution >= 0.6 is 0 Å². The Morgan fingerprint density at radius 1 is 1.06 bits per heavy atom. The fourth-order valence-corrected chi connectivity index (χ4v) is 4.46. The van der Waals surface area contributed by atoms with Gasteiger partial charge in [-0.2, -0.15) is 0 Å². The van der Waals surface area contributed by atoms with Crippen molar-refractivity contribution >= 4 is 22.7 Å². The Morgan fingerprint density at radius 3 is 2.78 bits per heavy atom. The number of aryl methyl sites for hydroxylation is 1. The number of hydrogen-bond acceptors (Lipinski definition) is 6. The van der Waals surface area contributed by atoms with Gasteiger partial charge in [0.25, 0.3) is 0 Å². The van der Waals surface area contributed by atoms with Crippen LogP contribution in [0, 0.1) is 12.8 Å². The van der Waals surface area contributed by atoms with Crippen molar-refractivity contribution < 1.29 is 23.5 Å². The highest BCUT2D eigenvalue weighted by molar-refractivity contribution is 5.99. The Labute approximate surface area is 184 Å². The van der Waals surface area contributed by atoms with Gasteiger partial charge in [-0.3, -0.25) is 9.59 Å². The lowest BCUT2D eigenvalue weighted by molar-refractivity contribution is -0.131. The van der Waals surface area contributed by atoms with E-state index in [0.29, 0.717) is 41.3 Å². The summed E-state index contributed by atoms with van der Waals surface area (Å²) in [5, 5.41) is 0.758. The maximum absolute atomic E-state index is 13.1. The van der Waals surface area contributed by atoms with Crippen molar-refractivity contribution in [3.05, 3.63) is 69.6 Å². The molecule has 7 nitrogen and oxygen atoms in total. The van der Waals surface area contributed by atoms with E-state index in [0.717, 1.165) is 23.8 Å². The SMILES string of the molecule is Cc1ccc2c(CC(=O)N3CCCC(C(=O)c4ccc5c(c4)OCO5)C3)cc(=O)oc2c1. The van der Waals surface area contributed by atoms with Crippen LogP contribution in [0.3, 0.4) is 0 Å². The number of fused-ring (bicyclic) bond motifs is 2. The molecule has 3 heterocycles. The largest absolute Gasteiger partial charge is 0.454 e. The molecule has 0 saturated carbocycles. The minimum atomic E-state index is -0.472. The van der Waals surface area contributed by atoms with E-state index in [-0.39, 0.29) is 30.8 Å². The van der Waals surface area contributed by atoms with Crippen molar-refractivity contribution in [1.82, 2.24) is 4.90 Å². The first-order valence-electron chi connectivity index (χ1n) is 10.7. The van der Waals surface area contributed by atoms with E-state index in [2.05, 4.69) is 0 Å². The highest BCUT2D eigenvalue weighted by atomic mass is 16.7. The number of carbonyl (C=O) groups is 2. The lowest BCUT2D eigenvalue weighted by Gasteiger charge is -2.32. The number of piperidine rings is 1. The molecule has 1 amide bonds. The van der Waals surface area contributed by atoms with E-state index < -0.39 is 5.63 Å². The molecular formula is C25H23NO6. The molecule has 164 valence electrons. The molecule has 32 heavy (non-hydrogen) atoms. The third-order valence-corrected chi connectivity index (χ3v) is 6.13. The Bertz CT molecular complexity index is 1280. The number of ketones is 1. The number of carbonyl (C=O) groups excluding carboxylic acids is 2. The minimum absolute atomic E-state index is 0.00193. The fraction of sp³-hybridized carbons (Fsp3) is 0.320. The van der Waals surface area contributed by atoms with Crippen LogP contribution in [0.15, 0.2) is 51.7 Å². The van der Waals surface area contributed by atoms with E-state index in [1.54, 1.807) is 29.2 Å². The van der Waals surface area contributed by atoms with Crippen molar-refractivity contribution in [1.29, 1.82) is 0 Å². The van der Waals surface area contributed by atoms with Crippen molar-refractivity contribution in [3.8, 4) is 11.5 Å². The average Bonchev–Trinajstić information content (AvgIpc) is 3.26. The Morgan fingerprint density at radius 2 is 1.91 bits per heavy atom. The van der Waals surface area contributed by atoms with Gasteiger partial charge in [0.15, 0.2) is 17.3 Å². The summed E-state index contributed by atoms with van der Waals surface area (Å²) in [6.07, 6.45) is 1.58. The first kappa shape index (κ1) is 20.3. The van der Waals surface area contributed by atoms with E-state index in [1.807, 2.05) is 19.1 Å². The first-order chi connectivity index (χ1) is 15.5. The molecule has 3 aromatic rings. The highest BCUT2D eigenvalue weighted by Crippen LogP contribution is 2.34. The zero-order valence-electron chi connectivity index (χ0n) is 17.8. The number of hydrogen-bond donors (Lipinski definition) is 0. The van der Waals surface area contributed by atoms with Gasteiger partial charge in [0, 0.05) is 36.0 Å². The van der Waals surface area contributed by atoms with Crippen LogP contribution in [-0.2, 0) is 11.2 Å². The molecule has 0 bridgehead atoms. The van der Waals surface area contributed by atoms with Crippen molar-refractivity contribution in [2.75, 3.05) is 19.9 Å². The van der Waals surface area contributed by atoms with Gasteiger partial charge in [0.2, 0.25) is 12.7 Å². The molecule has 0 spiro atoms. The smallest absolute Gasteiger partial charge is 0.336 e. The van der Waals surface area contributed by atoms with Gasteiger partial charge >= 0.3 is 5.63 Å². The average molecular weight is 433 g/mol. The first-order valence-corrected chi connectivity index (χ1v) is 10.7. The molecule has 2 aliphatic heterocycles. The number of ether oxygens (including phenoxy) is 2. The summed E-state index contributed by atoms with van der Waals surface area (Å²) in [6, 6.07) is 12.2. The topological polar surface area (TPSA) is 86.0 Å². The van der Waals surface area contributed by atoms with Gasteiger partial charge in [-0.1, -0.05) is 12.1 Å². The predicted octanol–water partition coefficient (Wildman–Crippen LogP) is 3.49. The van der Waals surface area contributed by atoms with Crippen molar-refractivity contribution in [2.45, 2.75) is 26.2 Å². The van der Waals surface area contributed by atoms with Crippen LogP contribution in [0.25, 0.3) is 11.0 Å². The molecule has 0 N–H and O–H groups in total. The third kappa shape index (κ3) is 3.86. The molecule has 5 rings (SSSR count). The molecule has 0 aliphatic carbocycles. The minimum Gasteiger partial charge on any atom is -0.454 e. The Kier molecular flexibility index (Phi) is 5.17. The van der Waals surface area contributed by atoms with Crippen LogP contribution in [0.1, 0.15) is 34.3 Å². The molecule has 1 fully saturated rings. The van der Waals surface area contributed by atoms with Crippen LogP contribution in [0.2, 0.25) is 0 Å². The second-order valence-corrected chi connectivity index (χ2v) is 8.38. The highest BCUT2D eigenvalue weighted by Gasteiger charge is 2.30. The molecule has 2 aliphatic rings. The number of Topliss-reactive ketones (excluding diaryl/α,β-unsaturated/α-hetero) is 1. The summed E-state index contributed by atoms with van der Waals surface area (Å²) >= 11 is 0. The standard InChI is InChI=1S/C25H23NO6/c1-15-4-6-19-18(12-24(28)32-21(19)9-15)11-23(27)26-8-2-3-17(13-26)25(29)16-5-7-20-22(10-16)31-14-30-20/h4-7,9-10,12,17H,2-3,8,11,13-14H2,1H3. The van der Waals surface area contributed by atoms with Gasteiger partial charge in [-0.25, -0.2) is 4.79 Å². The number of benzene rings is 2. The Balaban J connectivity index is 1.32. The summed E-state index contributed by atoms with van der Waals surface area (Å²) in [5.41, 5.74) is 2.20. The number of likely N-dealkylation sites (tertiary alicyclic amines) is 1. The normalized spacial score (nSPS) is 17.5. The van der Waals surface area contributed by atoms with Gasteiger partial charge in [0.05, 0.1) is 6.42 Å². The second kappa shape index (κ2) is 8.15. The Hall–Kier alpha value is -3.61. The summed E-state index contributed by atoms with van der Waals surface area (Å²) in [5.74, 6) is 0.845. The van der Waals surface area contributed by atoms with E-state index >= 15 is 0 Å². The third-order valence-electron chi connectivity index (χ3n) is 6.13. The van der Waals surface area contributed by atoms with Crippen LogP contribution in [0.5, 0.6) is 11.5 Å². The zero-order chi connectivity index (χ0) is 22.2. The van der Waals surface area contributed by atoms with Crippen LogP contribution in [-0.4, -0.2) is 36.5 Å². The quantitative estimate of drug-likeness (QED) is 0.462. The monoisotopic (exact) mass is 433 g/mol. The lowest BCUT2D eigenvalue weighted by Crippen LogP contribution is -2.43. The molecular weight excluding hydrogens is 410 g/mol. The summed E-state index contributed by atoms with van der Waals surface area (Å²) in [4.78, 5) is 39.9. The molecule has 1 saturated heterocycles. The molecule has 7 heteroatoms. The summed E-state index contributed by atoms with van der Waals surface area (Å²) < 4.78 is 16.0. The van der Waals surface area contributed by atoms with Crippen molar-refractivity contribution in [2.24, 2.45) is 5.92 Å². The van der Waals surface area contributed by atoms with E-state index in [1.165, 1.54) is 6.07 Å². The van der Waals surface area contributed by atoms with Gasteiger partial charge in [0.1, 0.15) is 5.58 Å². The predicted molar refractivity (Wildman–Crippen MR) is 117 cm³/mol. The zero-order valence-corrected chi connectivity index (χ0v) is 17.8. The maximum Gasteiger partial charge on any atom is 0.336 e. The molecule has 1 aromatic heterocycles. The van der Waals surface area contributed by atoms with Gasteiger partial charge in [-0.15, -0.1) is 0 Å². The van der Waals surface area contributed by atoms with Crippen LogP contribution < -0.4 is 15.1 Å². The lowest BCUT2D eigenvalue weighted by atomic mass is 9.89. The summed E-state index contributed by atoms with van der Waals surface area (Å²) in [6.45, 7) is 3.04. The van der Waals surface area contributed by atoms with E-state index in [9.17, 15) is 14.4 Å². The fourth-order valence-electron chi connectivity index (χ4n) is 4.46. The second-order valence-electron chi connectivity index (χ2n) is 8.38. The van der Waals surface area contributed by atoms with Gasteiger partial charge < -0.3 is 18.8 Å². The molecule has 1 unspecified atom stereocenters. The number of nitrogens with zero attached hydrogens (tertiary/aromatic N) is 1. The van der Waals surface area contributed by atoms with Crippen LogP contribution in [0.4, 0.5) is 0 Å². The molecule has 0 radical (unpaired) electrons. The molecule has 2 aromatic carbocycles. The number of amides is 1. The van der Waals surface area contributed by atoms with Crippen molar-refractivity contribution in [3.63, 3.8) is 0 Å².